The molecule has 0 saturated heterocycles. The average Bonchev–Trinajstić information content (AvgIpc) is 3.14. The van der Waals surface area contributed by atoms with Gasteiger partial charge in [0.1, 0.15) is 0 Å². The molecule has 0 amide bonds. The van der Waals surface area contributed by atoms with Crippen LogP contribution >= 0.6 is 0 Å². The number of aliphatic hydroxyl groups is 1. The van der Waals surface area contributed by atoms with Crippen molar-refractivity contribution in [1.29, 1.82) is 0 Å². The topological polar surface area (TPSA) is 64.4 Å². The molecule has 1 atom stereocenters. The van der Waals surface area contributed by atoms with E-state index >= 15 is 0 Å². The maximum atomic E-state index is 12.8. The number of esters is 1. The summed E-state index contributed by atoms with van der Waals surface area (Å²) in [4.78, 5) is 16.7. The molecule has 5 heteroatoms. The minimum atomic E-state index is -1.58. The van der Waals surface area contributed by atoms with Crippen LogP contribution in [0.25, 0.3) is 0 Å². The van der Waals surface area contributed by atoms with Crippen molar-refractivity contribution in [2.24, 2.45) is 5.92 Å². The van der Waals surface area contributed by atoms with Gasteiger partial charge in [-0.1, -0.05) is 49.6 Å². The summed E-state index contributed by atoms with van der Waals surface area (Å²) >= 11 is 0. The third-order valence-electron chi connectivity index (χ3n) is 4.62. The standard InChI is InChI=1S/C18H22N2O3/c21-17(23-14-20-12-11-19-13-20)18(22,15-7-3-1-4-8-15)16-9-5-2-6-10-16/h1,3-4,7-8,11-13,16,22H,2,5-6,9-10,14H2. The van der Waals surface area contributed by atoms with Crippen molar-refractivity contribution in [3.8, 4) is 0 Å². The fourth-order valence-corrected chi connectivity index (χ4v) is 3.34. The summed E-state index contributed by atoms with van der Waals surface area (Å²) in [5.74, 6) is -0.682. The number of benzene rings is 1. The van der Waals surface area contributed by atoms with Gasteiger partial charge >= 0.3 is 5.97 Å². The summed E-state index contributed by atoms with van der Waals surface area (Å²) in [6, 6.07) is 9.15. The molecule has 1 fully saturated rings. The maximum absolute atomic E-state index is 12.8. The molecule has 2 aromatic rings. The third-order valence-corrected chi connectivity index (χ3v) is 4.62. The van der Waals surface area contributed by atoms with Crippen LogP contribution in [0.2, 0.25) is 0 Å². The second-order valence-electron chi connectivity index (χ2n) is 6.11. The van der Waals surface area contributed by atoms with Crippen LogP contribution < -0.4 is 0 Å². The van der Waals surface area contributed by atoms with E-state index in [4.69, 9.17) is 4.74 Å². The zero-order chi connectivity index (χ0) is 16.1. The summed E-state index contributed by atoms with van der Waals surface area (Å²) in [6.07, 6.45) is 9.83. The van der Waals surface area contributed by atoms with Crippen LogP contribution in [0.3, 0.4) is 0 Å². The lowest BCUT2D eigenvalue weighted by Crippen LogP contribution is -2.45. The number of imidazole rings is 1. The highest BCUT2D eigenvalue weighted by molar-refractivity contribution is 5.81. The van der Waals surface area contributed by atoms with E-state index < -0.39 is 11.6 Å². The molecule has 1 aliphatic rings. The highest BCUT2D eigenvalue weighted by Crippen LogP contribution is 2.40. The number of carbonyl (C=O) groups is 1. The molecular weight excluding hydrogens is 292 g/mol. The van der Waals surface area contributed by atoms with Crippen molar-refractivity contribution in [3.63, 3.8) is 0 Å². The number of hydrogen-bond donors (Lipinski definition) is 1. The van der Waals surface area contributed by atoms with Crippen LogP contribution in [-0.4, -0.2) is 20.6 Å². The maximum Gasteiger partial charge on any atom is 0.344 e. The van der Waals surface area contributed by atoms with Gasteiger partial charge in [0.2, 0.25) is 0 Å². The molecule has 1 saturated carbocycles. The van der Waals surface area contributed by atoms with Gasteiger partial charge in [-0.3, -0.25) is 0 Å². The second-order valence-corrected chi connectivity index (χ2v) is 6.11. The van der Waals surface area contributed by atoms with Crippen LogP contribution in [0, 0.1) is 5.92 Å². The van der Waals surface area contributed by atoms with E-state index in [9.17, 15) is 9.90 Å². The molecule has 23 heavy (non-hydrogen) atoms. The fourth-order valence-electron chi connectivity index (χ4n) is 3.34. The Morgan fingerprint density at radius 2 is 2.00 bits per heavy atom. The SMILES string of the molecule is O=C(OCn1ccnc1)C(O)(c1ccccc1)C1CCCCC1. The van der Waals surface area contributed by atoms with Gasteiger partial charge in [0.25, 0.3) is 0 Å². The Hall–Kier alpha value is -2.14. The minimum Gasteiger partial charge on any atom is -0.441 e. The zero-order valence-corrected chi connectivity index (χ0v) is 13.1. The number of nitrogens with zero attached hydrogens (tertiary/aromatic N) is 2. The predicted octanol–water partition coefficient (Wildman–Crippen LogP) is 2.85. The number of carbonyl (C=O) groups excluding carboxylic acids is 1. The van der Waals surface area contributed by atoms with Gasteiger partial charge in [-0.25, -0.2) is 9.78 Å². The molecular formula is C18H22N2O3. The van der Waals surface area contributed by atoms with Crippen molar-refractivity contribution >= 4 is 5.97 Å². The normalized spacial score (nSPS) is 18.3. The number of hydrogen-bond acceptors (Lipinski definition) is 4. The first kappa shape index (κ1) is 15.7. The lowest BCUT2D eigenvalue weighted by molar-refractivity contribution is -0.179. The van der Waals surface area contributed by atoms with Gasteiger partial charge in [-0.2, -0.15) is 0 Å². The average molecular weight is 314 g/mol. The van der Waals surface area contributed by atoms with Crippen molar-refractivity contribution in [3.05, 3.63) is 54.6 Å². The van der Waals surface area contributed by atoms with Crippen LogP contribution in [0.5, 0.6) is 0 Å². The van der Waals surface area contributed by atoms with E-state index in [0.717, 1.165) is 32.1 Å². The van der Waals surface area contributed by atoms with Crippen molar-refractivity contribution in [2.45, 2.75) is 44.4 Å². The molecule has 1 unspecified atom stereocenters. The van der Waals surface area contributed by atoms with Crippen LogP contribution in [-0.2, 0) is 21.9 Å². The molecule has 0 spiro atoms. The van der Waals surface area contributed by atoms with E-state index in [1.165, 1.54) is 0 Å². The predicted molar refractivity (Wildman–Crippen MR) is 85.2 cm³/mol. The van der Waals surface area contributed by atoms with E-state index in [-0.39, 0.29) is 12.6 Å². The molecule has 0 bridgehead atoms. The van der Waals surface area contributed by atoms with Gasteiger partial charge in [0.15, 0.2) is 12.3 Å². The van der Waals surface area contributed by atoms with Gasteiger partial charge in [-0.15, -0.1) is 0 Å². The molecule has 0 aliphatic heterocycles. The summed E-state index contributed by atoms with van der Waals surface area (Å²) in [5.41, 5.74) is -0.968. The molecule has 1 N–H and O–H groups in total. The first-order valence-corrected chi connectivity index (χ1v) is 8.12. The number of ether oxygens (including phenoxy) is 1. The largest absolute Gasteiger partial charge is 0.441 e. The van der Waals surface area contributed by atoms with E-state index in [2.05, 4.69) is 4.98 Å². The highest BCUT2D eigenvalue weighted by Gasteiger charge is 2.47. The highest BCUT2D eigenvalue weighted by atomic mass is 16.6. The Kier molecular flexibility index (Phi) is 4.76. The first-order chi connectivity index (χ1) is 11.2. The van der Waals surface area contributed by atoms with Crippen LogP contribution in [0.15, 0.2) is 49.1 Å². The Bertz CT molecular complexity index is 621. The molecule has 1 aromatic heterocycles. The third kappa shape index (κ3) is 3.29. The molecule has 3 rings (SSSR count). The number of rotatable bonds is 5. The summed E-state index contributed by atoms with van der Waals surface area (Å²) in [6.45, 7) is 0.0562. The minimum absolute atomic E-state index is 0.0562. The zero-order valence-electron chi connectivity index (χ0n) is 13.1. The quantitative estimate of drug-likeness (QED) is 0.862. The Morgan fingerprint density at radius 1 is 1.26 bits per heavy atom. The summed E-state index contributed by atoms with van der Waals surface area (Å²) in [5, 5.41) is 11.3. The lowest BCUT2D eigenvalue weighted by atomic mass is 9.73. The second kappa shape index (κ2) is 6.96. The van der Waals surface area contributed by atoms with Crippen molar-refractivity contribution in [2.75, 3.05) is 0 Å². The Labute approximate surface area is 135 Å². The molecule has 0 radical (unpaired) electrons. The Morgan fingerprint density at radius 3 is 2.65 bits per heavy atom. The van der Waals surface area contributed by atoms with Gasteiger partial charge in [0.05, 0.1) is 6.33 Å². The molecule has 1 aromatic carbocycles. The molecule has 1 heterocycles. The smallest absolute Gasteiger partial charge is 0.344 e. The van der Waals surface area contributed by atoms with E-state index in [1.54, 1.807) is 35.4 Å². The molecule has 1 aliphatic carbocycles. The lowest BCUT2D eigenvalue weighted by Gasteiger charge is -2.36. The van der Waals surface area contributed by atoms with E-state index in [1.807, 2.05) is 18.2 Å². The van der Waals surface area contributed by atoms with Crippen molar-refractivity contribution < 1.29 is 14.6 Å². The summed E-state index contributed by atoms with van der Waals surface area (Å²) < 4.78 is 7.05. The molecule has 5 nitrogen and oxygen atoms in total. The van der Waals surface area contributed by atoms with Crippen LogP contribution in [0.4, 0.5) is 0 Å². The van der Waals surface area contributed by atoms with Gasteiger partial charge < -0.3 is 14.4 Å². The number of aromatic nitrogens is 2. The van der Waals surface area contributed by atoms with Crippen LogP contribution in [0.1, 0.15) is 37.7 Å². The Balaban J connectivity index is 1.83. The monoisotopic (exact) mass is 314 g/mol. The fraction of sp³-hybridized carbons (Fsp3) is 0.444. The van der Waals surface area contributed by atoms with Gasteiger partial charge in [0, 0.05) is 18.3 Å². The van der Waals surface area contributed by atoms with E-state index in [0.29, 0.717) is 5.56 Å². The first-order valence-electron chi connectivity index (χ1n) is 8.12. The van der Waals surface area contributed by atoms with Gasteiger partial charge in [-0.05, 0) is 18.4 Å². The summed E-state index contributed by atoms with van der Waals surface area (Å²) in [7, 11) is 0. The molecule has 122 valence electrons. The van der Waals surface area contributed by atoms with Crippen molar-refractivity contribution in [1.82, 2.24) is 9.55 Å².